The highest BCUT2D eigenvalue weighted by Crippen LogP contribution is 2.42. The van der Waals surface area contributed by atoms with E-state index < -0.39 is 17.8 Å². The third-order valence-corrected chi connectivity index (χ3v) is 7.33. The van der Waals surface area contributed by atoms with Gasteiger partial charge >= 0.3 is 6.18 Å². The lowest BCUT2D eigenvalue weighted by atomic mass is 9.97. The van der Waals surface area contributed by atoms with Gasteiger partial charge in [0.15, 0.2) is 5.69 Å². The standard InChI is InChI=1S/C30H33F4N5O2/c1-17(2)14-39-16-24(27(37-39)30(32,33)34)22-11-19(15-38-8-9-41-29(38)35)12-23(13-22)28(40)36-26(20-4-5-20)21-6-7-25(31)18(3)10-21/h6-7,10-13,16-17,20,26,35H,4-5,8-9,14-15H2,1-3H3,(H,36,40)/t26-/m0/s1. The summed E-state index contributed by atoms with van der Waals surface area (Å²) in [6.45, 7) is 6.74. The van der Waals surface area contributed by atoms with Crippen LogP contribution in [-0.2, 0) is 24.0 Å². The number of aryl methyl sites for hydroxylation is 1. The molecule has 0 spiro atoms. The van der Waals surface area contributed by atoms with Crippen molar-refractivity contribution in [1.29, 1.82) is 5.41 Å². The molecule has 2 N–H and O–H groups in total. The first-order valence-corrected chi connectivity index (χ1v) is 13.7. The van der Waals surface area contributed by atoms with Crippen molar-refractivity contribution in [3.63, 3.8) is 0 Å². The molecular formula is C30H33F4N5O2. The molecule has 1 saturated carbocycles. The fourth-order valence-corrected chi connectivity index (χ4v) is 5.18. The van der Waals surface area contributed by atoms with Crippen molar-refractivity contribution < 1.29 is 27.1 Å². The van der Waals surface area contributed by atoms with E-state index in [0.717, 1.165) is 18.4 Å². The number of amides is 1. The number of ether oxygens (including phenoxy) is 1. The number of carbonyl (C=O) groups is 1. The molecule has 2 aliphatic rings. The van der Waals surface area contributed by atoms with Crippen molar-refractivity contribution in [2.75, 3.05) is 13.2 Å². The van der Waals surface area contributed by atoms with Crippen molar-refractivity contribution in [3.8, 4) is 11.1 Å². The van der Waals surface area contributed by atoms with E-state index in [0.29, 0.717) is 30.8 Å². The smallest absolute Gasteiger partial charge is 0.435 e. The van der Waals surface area contributed by atoms with Gasteiger partial charge in [-0.2, -0.15) is 18.3 Å². The summed E-state index contributed by atoms with van der Waals surface area (Å²) in [5.41, 5.74) is 1.09. The summed E-state index contributed by atoms with van der Waals surface area (Å²) in [5, 5.41) is 14.9. The second-order valence-electron chi connectivity index (χ2n) is 11.3. The van der Waals surface area contributed by atoms with Crippen LogP contribution in [-0.4, -0.2) is 39.8 Å². The average molecular weight is 572 g/mol. The van der Waals surface area contributed by atoms with Crippen LogP contribution in [0.25, 0.3) is 11.1 Å². The first-order valence-electron chi connectivity index (χ1n) is 13.7. The summed E-state index contributed by atoms with van der Waals surface area (Å²) in [4.78, 5) is 15.3. The molecule has 1 aromatic heterocycles. The number of alkyl halides is 3. The fraction of sp³-hybridized carbons (Fsp3) is 0.433. The highest BCUT2D eigenvalue weighted by atomic mass is 19.4. The van der Waals surface area contributed by atoms with Crippen molar-refractivity contribution in [3.05, 3.63) is 76.4 Å². The molecule has 7 nitrogen and oxygen atoms in total. The molecule has 1 aliphatic heterocycles. The van der Waals surface area contributed by atoms with Crippen LogP contribution in [0.3, 0.4) is 0 Å². The van der Waals surface area contributed by atoms with Gasteiger partial charge in [-0.25, -0.2) is 4.39 Å². The van der Waals surface area contributed by atoms with Crippen molar-refractivity contribution in [2.24, 2.45) is 11.8 Å². The number of carbonyl (C=O) groups excluding carboxylic acids is 1. The molecule has 1 atom stereocenters. The zero-order valence-electron chi connectivity index (χ0n) is 23.2. The normalized spacial score (nSPS) is 16.3. The molecule has 2 fully saturated rings. The van der Waals surface area contributed by atoms with E-state index in [1.807, 2.05) is 13.8 Å². The average Bonchev–Trinajstić information content (AvgIpc) is 3.53. The molecule has 0 bridgehead atoms. The Balaban J connectivity index is 1.54. The van der Waals surface area contributed by atoms with E-state index in [9.17, 15) is 22.4 Å². The van der Waals surface area contributed by atoms with Crippen LogP contribution in [0.1, 0.15) is 65.5 Å². The molecule has 0 radical (unpaired) electrons. The summed E-state index contributed by atoms with van der Waals surface area (Å²) in [7, 11) is 0. The maximum Gasteiger partial charge on any atom is 0.435 e. The summed E-state index contributed by atoms with van der Waals surface area (Å²) < 4.78 is 62.8. The summed E-state index contributed by atoms with van der Waals surface area (Å²) >= 11 is 0. The summed E-state index contributed by atoms with van der Waals surface area (Å²) in [5.74, 6) is -0.503. The summed E-state index contributed by atoms with van der Waals surface area (Å²) in [6, 6.07) is 9.08. The maximum absolute atomic E-state index is 14.1. The van der Waals surface area contributed by atoms with Crippen LogP contribution < -0.4 is 5.32 Å². The molecule has 1 saturated heterocycles. The maximum atomic E-state index is 14.1. The number of rotatable bonds is 9. The van der Waals surface area contributed by atoms with Gasteiger partial charge < -0.3 is 15.0 Å². The van der Waals surface area contributed by atoms with Crippen molar-refractivity contribution >= 4 is 11.9 Å². The van der Waals surface area contributed by atoms with E-state index in [4.69, 9.17) is 10.1 Å². The molecule has 5 rings (SSSR count). The molecule has 11 heteroatoms. The molecule has 1 aliphatic carbocycles. The minimum Gasteiger partial charge on any atom is -0.463 e. The van der Waals surface area contributed by atoms with E-state index in [1.165, 1.54) is 23.0 Å². The number of hydrogen-bond donors (Lipinski definition) is 2. The Bertz CT molecular complexity index is 1460. The molecule has 1 amide bonds. The Morgan fingerprint density at radius 1 is 1.20 bits per heavy atom. The molecular weight excluding hydrogens is 538 g/mol. The lowest BCUT2D eigenvalue weighted by molar-refractivity contribution is -0.141. The van der Waals surface area contributed by atoms with E-state index >= 15 is 0 Å². The predicted octanol–water partition coefficient (Wildman–Crippen LogP) is 6.32. The highest BCUT2D eigenvalue weighted by Gasteiger charge is 2.38. The molecule has 2 heterocycles. The number of amidine groups is 1. The quantitative estimate of drug-likeness (QED) is 0.295. The minimum absolute atomic E-state index is 0.0254. The Kier molecular flexibility index (Phi) is 7.80. The third-order valence-electron chi connectivity index (χ3n) is 7.33. The number of nitrogens with zero attached hydrogens (tertiary/aromatic N) is 3. The fourth-order valence-electron chi connectivity index (χ4n) is 5.18. The van der Waals surface area contributed by atoms with E-state index in [-0.39, 0.29) is 53.0 Å². The Morgan fingerprint density at radius 2 is 1.95 bits per heavy atom. The van der Waals surface area contributed by atoms with Gasteiger partial charge in [0.2, 0.25) is 0 Å². The lowest BCUT2D eigenvalue weighted by Gasteiger charge is -2.21. The summed E-state index contributed by atoms with van der Waals surface area (Å²) in [6.07, 6.45) is -1.50. The molecule has 2 aromatic carbocycles. The van der Waals surface area contributed by atoms with Gasteiger partial charge in [-0.3, -0.25) is 14.9 Å². The van der Waals surface area contributed by atoms with Crippen molar-refractivity contribution in [1.82, 2.24) is 20.0 Å². The number of hydrogen-bond acceptors (Lipinski definition) is 4. The van der Waals surface area contributed by atoms with Gasteiger partial charge in [0.05, 0.1) is 12.6 Å². The molecule has 0 unspecified atom stereocenters. The number of aromatic nitrogens is 2. The van der Waals surface area contributed by atoms with Gasteiger partial charge in [0.25, 0.3) is 11.9 Å². The number of nitrogens with one attached hydrogen (secondary N) is 2. The highest BCUT2D eigenvalue weighted by molar-refractivity contribution is 5.96. The van der Waals surface area contributed by atoms with Crippen LogP contribution in [0.4, 0.5) is 17.6 Å². The second-order valence-corrected chi connectivity index (χ2v) is 11.3. The zero-order chi connectivity index (χ0) is 29.5. The monoisotopic (exact) mass is 571 g/mol. The van der Waals surface area contributed by atoms with E-state index in [2.05, 4.69) is 10.4 Å². The van der Waals surface area contributed by atoms with Crippen LogP contribution in [0.5, 0.6) is 0 Å². The van der Waals surface area contributed by atoms with Gasteiger partial charge in [-0.15, -0.1) is 0 Å². The molecule has 41 heavy (non-hydrogen) atoms. The SMILES string of the molecule is Cc1cc([C@@H](NC(=O)c2cc(CN3CCOC3=N)cc(-c3cn(CC(C)C)nc3C(F)(F)F)c2)C2CC2)ccc1F. The van der Waals surface area contributed by atoms with Gasteiger partial charge in [-0.05, 0) is 78.1 Å². The predicted molar refractivity (Wildman–Crippen MR) is 146 cm³/mol. The van der Waals surface area contributed by atoms with Crippen LogP contribution in [0.2, 0.25) is 0 Å². The largest absolute Gasteiger partial charge is 0.463 e. The first-order chi connectivity index (χ1) is 19.4. The van der Waals surface area contributed by atoms with Gasteiger partial charge in [0, 0.05) is 30.4 Å². The second kappa shape index (κ2) is 11.2. The lowest BCUT2D eigenvalue weighted by Crippen LogP contribution is -2.30. The van der Waals surface area contributed by atoms with Gasteiger partial charge in [-0.1, -0.05) is 26.0 Å². The van der Waals surface area contributed by atoms with Crippen LogP contribution in [0, 0.1) is 30.0 Å². The zero-order valence-corrected chi connectivity index (χ0v) is 23.2. The van der Waals surface area contributed by atoms with E-state index in [1.54, 1.807) is 36.1 Å². The Hall–Kier alpha value is -3.89. The molecule has 218 valence electrons. The number of benzene rings is 2. The number of halogens is 4. The van der Waals surface area contributed by atoms with Crippen LogP contribution >= 0.6 is 0 Å². The topological polar surface area (TPSA) is 83.2 Å². The molecule has 3 aromatic rings. The van der Waals surface area contributed by atoms with Gasteiger partial charge in [0.1, 0.15) is 12.4 Å². The van der Waals surface area contributed by atoms with Crippen LogP contribution in [0.15, 0.2) is 42.6 Å². The Morgan fingerprint density at radius 3 is 2.56 bits per heavy atom. The Labute approximate surface area is 236 Å². The van der Waals surface area contributed by atoms with Crippen molar-refractivity contribution in [2.45, 2.75) is 58.9 Å². The first kappa shape index (κ1) is 28.6. The minimum atomic E-state index is -4.70. The third kappa shape index (κ3) is 6.55.